The predicted octanol–water partition coefficient (Wildman–Crippen LogP) is 4.40. The molecule has 9 nitrogen and oxygen atoms in total. The van der Waals surface area contributed by atoms with Crippen molar-refractivity contribution in [1.82, 2.24) is 13.9 Å². The summed E-state index contributed by atoms with van der Waals surface area (Å²) in [6, 6.07) is 12.4. The molecule has 0 radical (unpaired) electrons. The number of pyridine rings is 1. The minimum atomic E-state index is -4.37. The Balaban J connectivity index is 1.75. The average molecular weight is 582 g/mol. The van der Waals surface area contributed by atoms with Crippen molar-refractivity contribution in [3.63, 3.8) is 0 Å². The number of carbonyl (C=O) groups excluding carboxylic acids is 1. The van der Waals surface area contributed by atoms with Crippen LogP contribution in [0.5, 0.6) is 5.75 Å². The number of ether oxygens (including phenoxy) is 2. The lowest BCUT2D eigenvalue weighted by Gasteiger charge is -2.17. The second-order valence-corrected chi connectivity index (χ2v) is 11.3. The number of hydrogen-bond donors (Lipinski definition) is 0. The summed E-state index contributed by atoms with van der Waals surface area (Å²) < 4.78 is 90.7. The smallest absolute Gasteiger partial charge is 0.427 e. The summed E-state index contributed by atoms with van der Waals surface area (Å²) >= 11 is 0. The third kappa shape index (κ3) is 5.81. The van der Waals surface area contributed by atoms with Crippen molar-refractivity contribution in [2.45, 2.75) is 35.8 Å². The normalized spacial score (nSPS) is 12.8. The van der Waals surface area contributed by atoms with E-state index in [9.17, 15) is 30.6 Å². The summed E-state index contributed by atoms with van der Waals surface area (Å²) in [5.74, 6) is -1.37. The number of alkyl halides is 3. The number of aromatic nitrogens is 3. The second kappa shape index (κ2) is 11.1. The van der Waals surface area contributed by atoms with Crippen molar-refractivity contribution in [3.05, 3.63) is 77.6 Å². The van der Waals surface area contributed by atoms with Gasteiger partial charge < -0.3 is 9.47 Å². The maximum absolute atomic E-state index is 13.7. The highest BCUT2D eigenvalue weighted by molar-refractivity contribution is 7.91. The first-order chi connectivity index (χ1) is 18.5. The first-order valence-electron chi connectivity index (χ1n) is 11.4. The molecule has 0 fully saturated rings. The molecule has 2 heterocycles. The summed E-state index contributed by atoms with van der Waals surface area (Å²) in [6.07, 6.45) is -2.93. The van der Waals surface area contributed by atoms with Crippen LogP contribution >= 0.6 is 0 Å². The fourth-order valence-corrected chi connectivity index (χ4v) is 6.68. The lowest BCUT2D eigenvalue weighted by molar-refractivity contribution is -0.186. The minimum Gasteiger partial charge on any atom is -0.462 e. The molecule has 1 unspecified atom stereocenters. The van der Waals surface area contributed by atoms with Gasteiger partial charge >= 0.3 is 12.1 Å². The third-order valence-corrected chi connectivity index (χ3v) is 8.59. The number of esters is 1. The molecule has 1 atom stereocenters. The van der Waals surface area contributed by atoms with Crippen LogP contribution in [-0.2, 0) is 31.3 Å². The van der Waals surface area contributed by atoms with E-state index in [2.05, 4.69) is 14.7 Å². The molecule has 2 aromatic carbocycles. The van der Waals surface area contributed by atoms with Gasteiger partial charge in [-0.3, -0.25) is 9.19 Å². The number of carbonyl (C=O) groups is 1. The van der Waals surface area contributed by atoms with Gasteiger partial charge in [0.1, 0.15) is 5.75 Å². The zero-order chi connectivity index (χ0) is 28.4. The van der Waals surface area contributed by atoms with Gasteiger partial charge in [0.05, 0.1) is 50.3 Å². The Bertz CT molecular complexity index is 1660. The van der Waals surface area contributed by atoms with Gasteiger partial charge in [-0.05, 0) is 56.3 Å². The molecule has 0 bridgehead atoms. The predicted molar refractivity (Wildman–Crippen MR) is 135 cm³/mol. The molecule has 0 aliphatic rings. The number of rotatable bonds is 10. The van der Waals surface area contributed by atoms with Crippen molar-refractivity contribution in [2.75, 3.05) is 13.3 Å². The van der Waals surface area contributed by atoms with Gasteiger partial charge in [0, 0.05) is 11.8 Å². The Morgan fingerprint density at radius 1 is 1.10 bits per heavy atom. The molecule has 39 heavy (non-hydrogen) atoms. The molecule has 0 saturated heterocycles. The Hall–Kier alpha value is -3.78. The van der Waals surface area contributed by atoms with Crippen molar-refractivity contribution >= 4 is 37.8 Å². The molecule has 2 aromatic heterocycles. The Labute approximate surface area is 224 Å². The SMILES string of the molecule is CCOC(=O)c1ccc(S(=O)(=O)n2c(S(=O)Cc3nccc(OC(F)(F)CF)c3C)nc3ccccc32)cc1. The van der Waals surface area contributed by atoms with Gasteiger partial charge in [0.25, 0.3) is 10.0 Å². The van der Waals surface area contributed by atoms with Crippen LogP contribution in [0.25, 0.3) is 11.0 Å². The number of hydrogen-bond acceptors (Lipinski definition) is 8. The number of benzene rings is 2. The summed E-state index contributed by atoms with van der Waals surface area (Å²) in [7, 11) is -6.51. The molecule has 4 rings (SSSR count). The number of halogens is 3. The first-order valence-corrected chi connectivity index (χ1v) is 14.2. The van der Waals surface area contributed by atoms with Crippen LogP contribution in [0.4, 0.5) is 13.2 Å². The summed E-state index contributed by atoms with van der Waals surface area (Å²) in [4.78, 5) is 20.1. The number of para-hydroxylation sites is 2. The standard InChI is InChI=1S/C25H22F3N3O6S2/c1-3-36-23(32)17-8-10-18(11-9-17)39(34,35)31-21-7-5-4-6-19(21)30-24(31)38(33)14-20-16(2)22(12-13-29-20)37-25(27,28)15-26/h4-13H,3,14-15H2,1-2H3. The van der Waals surface area contributed by atoms with Crippen LogP contribution in [0.3, 0.4) is 0 Å². The molecule has 14 heteroatoms. The van der Waals surface area contributed by atoms with Crippen molar-refractivity contribution in [2.24, 2.45) is 0 Å². The van der Waals surface area contributed by atoms with E-state index in [0.29, 0.717) is 0 Å². The summed E-state index contributed by atoms with van der Waals surface area (Å²) in [5.41, 5.74) is 0.697. The maximum Gasteiger partial charge on any atom is 0.427 e. The highest BCUT2D eigenvalue weighted by atomic mass is 32.2. The molecule has 206 valence electrons. The van der Waals surface area contributed by atoms with Gasteiger partial charge in [-0.25, -0.2) is 26.6 Å². The van der Waals surface area contributed by atoms with Crippen LogP contribution in [0.1, 0.15) is 28.5 Å². The Kier molecular flexibility index (Phi) is 8.07. The van der Waals surface area contributed by atoms with E-state index in [0.717, 1.165) is 16.2 Å². The van der Waals surface area contributed by atoms with E-state index in [1.807, 2.05) is 0 Å². The maximum atomic E-state index is 13.7. The van der Waals surface area contributed by atoms with Gasteiger partial charge in [-0.15, -0.1) is 0 Å². The van der Waals surface area contributed by atoms with Crippen LogP contribution in [0.2, 0.25) is 0 Å². The van der Waals surface area contributed by atoms with E-state index in [1.54, 1.807) is 25.1 Å². The molecule has 0 aliphatic carbocycles. The lowest BCUT2D eigenvalue weighted by atomic mass is 10.2. The molecule has 0 spiro atoms. The van der Waals surface area contributed by atoms with Gasteiger partial charge in [0.15, 0.2) is 6.67 Å². The first kappa shape index (κ1) is 28.2. The van der Waals surface area contributed by atoms with Crippen molar-refractivity contribution in [1.29, 1.82) is 0 Å². The summed E-state index contributed by atoms with van der Waals surface area (Å²) in [5, 5.41) is -0.327. The number of fused-ring (bicyclic) bond motifs is 1. The quantitative estimate of drug-likeness (QED) is 0.253. The molecule has 0 N–H and O–H groups in total. The Morgan fingerprint density at radius 2 is 1.79 bits per heavy atom. The number of imidazole rings is 1. The van der Waals surface area contributed by atoms with Gasteiger partial charge in [0.2, 0.25) is 5.16 Å². The molecule has 0 aliphatic heterocycles. The number of nitrogens with zero attached hydrogens (tertiary/aromatic N) is 3. The van der Waals surface area contributed by atoms with Crippen molar-refractivity contribution in [3.8, 4) is 5.75 Å². The van der Waals surface area contributed by atoms with Crippen LogP contribution in [-0.4, -0.2) is 51.9 Å². The molecule has 4 aromatic rings. The minimum absolute atomic E-state index is 0.0651. The van der Waals surface area contributed by atoms with Crippen LogP contribution < -0.4 is 4.74 Å². The Morgan fingerprint density at radius 3 is 2.46 bits per heavy atom. The van der Waals surface area contributed by atoms with E-state index in [-0.39, 0.29) is 50.3 Å². The zero-order valence-electron chi connectivity index (χ0n) is 20.6. The molecule has 0 amide bonds. The fourth-order valence-electron chi connectivity index (χ4n) is 3.63. The summed E-state index contributed by atoms with van der Waals surface area (Å²) in [6.45, 7) is 1.13. The fraction of sp³-hybridized carbons (Fsp3) is 0.240. The molecular formula is C25H22F3N3O6S2. The van der Waals surface area contributed by atoms with E-state index in [1.165, 1.54) is 37.3 Å². The van der Waals surface area contributed by atoms with E-state index >= 15 is 0 Å². The van der Waals surface area contributed by atoms with Crippen molar-refractivity contribution < 1.29 is 40.1 Å². The topological polar surface area (TPSA) is 117 Å². The van der Waals surface area contributed by atoms with Crippen LogP contribution in [0, 0.1) is 6.92 Å². The second-order valence-electron chi connectivity index (χ2n) is 8.14. The van der Waals surface area contributed by atoms with Gasteiger partial charge in [-0.1, -0.05) is 12.1 Å². The van der Waals surface area contributed by atoms with E-state index in [4.69, 9.17) is 4.74 Å². The molecule has 0 saturated carbocycles. The lowest BCUT2D eigenvalue weighted by Crippen LogP contribution is -2.27. The zero-order valence-corrected chi connectivity index (χ0v) is 22.3. The third-order valence-electron chi connectivity index (χ3n) is 5.54. The van der Waals surface area contributed by atoms with Crippen LogP contribution in [0.15, 0.2) is 70.8 Å². The highest BCUT2D eigenvalue weighted by Gasteiger charge is 2.33. The van der Waals surface area contributed by atoms with Gasteiger partial charge in [-0.2, -0.15) is 8.78 Å². The largest absolute Gasteiger partial charge is 0.462 e. The average Bonchev–Trinajstić information content (AvgIpc) is 3.32. The van der Waals surface area contributed by atoms with E-state index < -0.39 is 45.3 Å². The molecular weight excluding hydrogens is 559 g/mol. The monoisotopic (exact) mass is 581 g/mol. The highest BCUT2D eigenvalue weighted by Crippen LogP contribution is 2.30.